The summed E-state index contributed by atoms with van der Waals surface area (Å²) in [6.45, 7) is 6.53. The number of hydrogen-bond acceptors (Lipinski definition) is 3. The molecule has 3 N–H and O–H groups in total. The number of hydrogen-bond donors (Lipinski definition) is 3. The van der Waals surface area contributed by atoms with Gasteiger partial charge in [-0.25, -0.2) is 4.79 Å². The van der Waals surface area contributed by atoms with E-state index in [0.717, 1.165) is 6.42 Å². The maximum atomic E-state index is 12.0. The average molecular weight is 299 g/mol. The fourth-order valence-electron chi connectivity index (χ4n) is 2.33. The molecule has 0 radical (unpaired) electrons. The molecule has 21 heavy (non-hydrogen) atoms. The van der Waals surface area contributed by atoms with Crippen molar-refractivity contribution in [3.05, 3.63) is 0 Å². The molecule has 0 aliphatic carbocycles. The van der Waals surface area contributed by atoms with E-state index in [1.165, 1.54) is 0 Å². The van der Waals surface area contributed by atoms with Crippen LogP contribution < -0.4 is 10.6 Å². The molecular formula is C14H25N3O4. The number of carboxylic acid groups (broad SMARTS) is 1. The standard InChI is InChI=1S/C14H25N3O4/c1-9(2)15-13(20)10(3)16-14(21)17-7-6-11(8-17)4-5-12(18)19/h9-11H,4-8H2,1-3H3,(H,15,20)(H,16,21)(H,18,19). The van der Waals surface area contributed by atoms with Gasteiger partial charge in [-0.05, 0) is 39.5 Å². The molecular weight excluding hydrogens is 274 g/mol. The summed E-state index contributed by atoms with van der Waals surface area (Å²) < 4.78 is 0. The lowest BCUT2D eigenvalue weighted by Gasteiger charge is -2.21. The lowest BCUT2D eigenvalue weighted by atomic mass is 10.0. The number of likely N-dealkylation sites (tertiary alicyclic amines) is 1. The van der Waals surface area contributed by atoms with Gasteiger partial charge in [0.15, 0.2) is 0 Å². The number of nitrogens with zero attached hydrogens (tertiary/aromatic N) is 1. The van der Waals surface area contributed by atoms with Crippen LogP contribution in [0.4, 0.5) is 4.79 Å². The number of nitrogens with one attached hydrogen (secondary N) is 2. The topological polar surface area (TPSA) is 98.7 Å². The van der Waals surface area contributed by atoms with E-state index >= 15 is 0 Å². The Bertz CT molecular complexity index is 398. The Morgan fingerprint density at radius 2 is 1.90 bits per heavy atom. The Labute approximate surface area is 125 Å². The summed E-state index contributed by atoms with van der Waals surface area (Å²) >= 11 is 0. The van der Waals surface area contributed by atoms with Crippen LogP contribution in [0.1, 0.15) is 40.0 Å². The molecule has 2 atom stereocenters. The summed E-state index contributed by atoms with van der Waals surface area (Å²) in [5.74, 6) is -0.788. The van der Waals surface area contributed by atoms with Crippen molar-refractivity contribution < 1.29 is 19.5 Å². The van der Waals surface area contributed by atoms with Gasteiger partial charge in [0, 0.05) is 25.6 Å². The summed E-state index contributed by atoms with van der Waals surface area (Å²) in [5, 5.41) is 14.1. The van der Waals surface area contributed by atoms with Crippen molar-refractivity contribution in [2.75, 3.05) is 13.1 Å². The molecule has 1 aliphatic heterocycles. The summed E-state index contributed by atoms with van der Waals surface area (Å²) in [6.07, 6.45) is 1.53. The predicted octanol–water partition coefficient (Wildman–Crippen LogP) is 0.796. The monoisotopic (exact) mass is 299 g/mol. The van der Waals surface area contributed by atoms with Crippen LogP contribution in [-0.4, -0.2) is 53.1 Å². The molecule has 1 heterocycles. The first-order valence-corrected chi connectivity index (χ1v) is 7.37. The van der Waals surface area contributed by atoms with E-state index in [9.17, 15) is 14.4 Å². The minimum atomic E-state index is -0.808. The quantitative estimate of drug-likeness (QED) is 0.675. The molecule has 0 spiro atoms. The van der Waals surface area contributed by atoms with Crippen molar-refractivity contribution in [2.24, 2.45) is 5.92 Å². The Hall–Kier alpha value is -1.79. The van der Waals surface area contributed by atoms with Crippen molar-refractivity contribution in [3.8, 4) is 0 Å². The SMILES string of the molecule is CC(C)NC(=O)C(C)NC(=O)N1CCC(CCC(=O)O)C1. The van der Waals surface area contributed by atoms with Gasteiger partial charge < -0.3 is 20.6 Å². The summed E-state index contributed by atoms with van der Waals surface area (Å²) in [7, 11) is 0. The van der Waals surface area contributed by atoms with Crippen LogP contribution in [0.15, 0.2) is 0 Å². The third kappa shape index (κ3) is 6.01. The lowest BCUT2D eigenvalue weighted by Crippen LogP contribution is -2.50. The molecule has 1 rings (SSSR count). The van der Waals surface area contributed by atoms with Crippen LogP contribution in [0.5, 0.6) is 0 Å². The maximum absolute atomic E-state index is 12.0. The van der Waals surface area contributed by atoms with Crippen molar-refractivity contribution in [2.45, 2.75) is 52.1 Å². The molecule has 0 aromatic rings. The highest BCUT2D eigenvalue weighted by molar-refractivity contribution is 5.86. The Kier molecular flexibility index (Phi) is 6.45. The first-order chi connectivity index (χ1) is 9.79. The molecule has 120 valence electrons. The Morgan fingerprint density at radius 3 is 2.48 bits per heavy atom. The summed E-state index contributed by atoms with van der Waals surface area (Å²) in [5.41, 5.74) is 0. The fraction of sp³-hybridized carbons (Fsp3) is 0.786. The molecule has 1 fully saturated rings. The van der Waals surface area contributed by atoms with Gasteiger partial charge in [0.2, 0.25) is 5.91 Å². The second kappa shape index (κ2) is 7.85. The third-order valence-electron chi connectivity index (χ3n) is 3.50. The molecule has 1 aliphatic rings. The molecule has 0 aromatic heterocycles. The number of amides is 3. The molecule has 1 saturated heterocycles. The molecule has 0 bridgehead atoms. The fourth-order valence-corrected chi connectivity index (χ4v) is 2.33. The second-order valence-electron chi connectivity index (χ2n) is 5.87. The van der Waals surface area contributed by atoms with E-state index in [2.05, 4.69) is 10.6 Å². The van der Waals surface area contributed by atoms with Crippen molar-refractivity contribution in [1.29, 1.82) is 0 Å². The predicted molar refractivity (Wildman–Crippen MR) is 77.8 cm³/mol. The zero-order valence-corrected chi connectivity index (χ0v) is 12.9. The van der Waals surface area contributed by atoms with Gasteiger partial charge in [0.1, 0.15) is 6.04 Å². The van der Waals surface area contributed by atoms with Gasteiger partial charge in [-0.2, -0.15) is 0 Å². The van der Waals surface area contributed by atoms with E-state index in [4.69, 9.17) is 5.11 Å². The number of aliphatic carboxylic acids is 1. The first-order valence-electron chi connectivity index (χ1n) is 7.37. The zero-order chi connectivity index (χ0) is 16.0. The summed E-state index contributed by atoms with van der Waals surface area (Å²) in [4.78, 5) is 36.0. The lowest BCUT2D eigenvalue weighted by molar-refractivity contribution is -0.137. The van der Waals surface area contributed by atoms with Gasteiger partial charge in [-0.3, -0.25) is 9.59 Å². The highest BCUT2D eigenvalue weighted by Crippen LogP contribution is 2.20. The zero-order valence-electron chi connectivity index (χ0n) is 12.9. The highest BCUT2D eigenvalue weighted by atomic mass is 16.4. The first kappa shape index (κ1) is 17.3. The minimum absolute atomic E-state index is 0.0315. The molecule has 7 nitrogen and oxygen atoms in total. The Morgan fingerprint density at radius 1 is 1.24 bits per heavy atom. The van der Waals surface area contributed by atoms with Crippen LogP contribution in [0.3, 0.4) is 0 Å². The normalized spacial score (nSPS) is 19.4. The van der Waals surface area contributed by atoms with E-state index in [0.29, 0.717) is 19.5 Å². The second-order valence-corrected chi connectivity index (χ2v) is 5.87. The maximum Gasteiger partial charge on any atom is 0.318 e. The van der Waals surface area contributed by atoms with Gasteiger partial charge in [0.05, 0.1) is 0 Å². The van der Waals surface area contributed by atoms with E-state index < -0.39 is 12.0 Å². The van der Waals surface area contributed by atoms with E-state index in [1.54, 1.807) is 11.8 Å². The van der Waals surface area contributed by atoms with Crippen LogP contribution in [0.2, 0.25) is 0 Å². The number of urea groups is 1. The van der Waals surface area contributed by atoms with Crippen LogP contribution in [-0.2, 0) is 9.59 Å². The van der Waals surface area contributed by atoms with Gasteiger partial charge in [-0.1, -0.05) is 0 Å². The minimum Gasteiger partial charge on any atom is -0.481 e. The van der Waals surface area contributed by atoms with Crippen LogP contribution >= 0.6 is 0 Å². The van der Waals surface area contributed by atoms with Crippen molar-refractivity contribution >= 4 is 17.9 Å². The molecule has 3 amide bonds. The van der Waals surface area contributed by atoms with Gasteiger partial charge >= 0.3 is 12.0 Å². The number of carbonyl (C=O) groups excluding carboxylic acids is 2. The van der Waals surface area contributed by atoms with E-state index in [1.807, 2.05) is 13.8 Å². The van der Waals surface area contributed by atoms with Gasteiger partial charge in [0.25, 0.3) is 0 Å². The van der Waals surface area contributed by atoms with Crippen molar-refractivity contribution in [1.82, 2.24) is 15.5 Å². The molecule has 0 saturated carbocycles. The van der Waals surface area contributed by atoms with Crippen LogP contribution in [0, 0.1) is 5.92 Å². The third-order valence-corrected chi connectivity index (χ3v) is 3.50. The molecule has 0 aromatic carbocycles. The molecule has 2 unspecified atom stereocenters. The number of rotatable bonds is 6. The smallest absolute Gasteiger partial charge is 0.318 e. The van der Waals surface area contributed by atoms with Gasteiger partial charge in [-0.15, -0.1) is 0 Å². The van der Waals surface area contributed by atoms with E-state index in [-0.39, 0.29) is 30.3 Å². The average Bonchev–Trinajstić information content (AvgIpc) is 2.84. The highest BCUT2D eigenvalue weighted by Gasteiger charge is 2.28. The number of carbonyl (C=O) groups is 3. The Balaban J connectivity index is 2.36. The number of carboxylic acids is 1. The largest absolute Gasteiger partial charge is 0.481 e. The van der Waals surface area contributed by atoms with Crippen LogP contribution in [0.25, 0.3) is 0 Å². The van der Waals surface area contributed by atoms with Crippen molar-refractivity contribution in [3.63, 3.8) is 0 Å². The summed E-state index contributed by atoms with van der Waals surface area (Å²) in [6, 6.07) is -0.818. The molecule has 7 heteroatoms.